The molecule has 0 spiro atoms. The Balaban J connectivity index is 2.52. The average Bonchev–Trinajstić information content (AvgIpc) is 2.58. The van der Waals surface area contributed by atoms with Gasteiger partial charge >= 0.3 is 0 Å². The summed E-state index contributed by atoms with van der Waals surface area (Å²) in [6.45, 7) is 7.38. The maximum atomic E-state index is 5.79. The number of furan rings is 1. The van der Waals surface area contributed by atoms with Gasteiger partial charge in [-0.3, -0.25) is 0 Å². The van der Waals surface area contributed by atoms with E-state index < -0.39 is 0 Å². The van der Waals surface area contributed by atoms with Crippen LogP contribution in [0.3, 0.4) is 0 Å². The van der Waals surface area contributed by atoms with Gasteiger partial charge in [0.05, 0.1) is 6.54 Å². The summed E-state index contributed by atoms with van der Waals surface area (Å²) in [5.41, 5.74) is 3.72. The molecule has 0 unspecified atom stereocenters. The topological polar surface area (TPSA) is 25.2 Å². The summed E-state index contributed by atoms with van der Waals surface area (Å²) in [4.78, 5) is 0. The van der Waals surface area contributed by atoms with Crippen LogP contribution in [-0.4, -0.2) is 7.05 Å². The number of hydrogen-bond donors (Lipinski definition) is 1. The second kappa shape index (κ2) is 4.30. The molecule has 1 N–H and O–H groups in total. The van der Waals surface area contributed by atoms with Gasteiger partial charge in [-0.05, 0) is 49.2 Å². The highest BCUT2D eigenvalue weighted by molar-refractivity contribution is 5.80. The first kappa shape index (κ1) is 11.2. The second-order valence-electron chi connectivity index (χ2n) is 4.64. The van der Waals surface area contributed by atoms with Crippen LogP contribution in [0, 0.1) is 6.92 Å². The molecule has 1 aromatic heterocycles. The van der Waals surface area contributed by atoms with E-state index in [4.69, 9.17) is 4.42 Å². The first-order chi connectivity index (χ1) is 7.61. The molecule has 0 radical (unpaired) electrons. The predicted octanol–water partition coefficient (Wildman–Crippen LogP) is 3.58. The predicted molar refractivity (Wildman–Crippen MR) is 67.8 cm³/mol. The average molecular weight is 217 g/mol. The van der Waals surface area contributed by atoms with Crippen LogP contribution in [0.25, 0.3) is 11.0 Å². The Hall–Kier alpha value is -1.28. The molecule has 0 amide bonds. The van der Waals surface area contributed by atoms with E-state index in [2.05, 4.69) is 44.3 Å². The fourth-order valence-corrected chi connectivity index (χ4v) is 2.15. The van der Waals surface area contributed by atoms with Crippen molar-refractivity contribution in [2.45, 2.75) is 33.2 Å². The summed E-state index contributed by atoms with van der Waals surface area (Å²) < 4.78 is 5.79. The fourth-order valence-electron chi connectivity index (χ4n) is 2.15. The molecule has 86 valence electrons. The molecule has 0 fully saturated rings. The van der Waals surface area contributed by atoms with Crippen molar-refractivity contribution in [1.29, 1.82) is 0 Å². The lowest BCUT2D eigenvalue weighted by Gasteiger charge is -2.08. The maximum absolute atomic E-state index is 5.79. The SMILES string of the molecule is CNCc1cc2cc(C)c(C(C)C)cc2o1. The number of nitrogens with one attached hydrogen (secondary N) is 1. The van der Waals surface area contributed by atoms with Crippen molar-refractivity contribution in [2.75, 3.05) is 7.05 Å². The molecule has 0 saturated carbocycles. The van der Waals surface area contributed by atoms with Gasteiger partial charge in [0, 0.05) is 5.39 Å². The van der Waals surface area contributed by atoms with Gasteiger partial charge in [-0.25, -0.2) is 0 Å². The third-order valence-corrected chi connectivity index (χ3v) is 2.93. The summed E-state index contributed by atoms with van der Waals surface area (Å²) >= 11 is 0. The lowest BCUT2D eigenvalue weighted by molar-refractivity contribution is 0.530. The van der Waals surface area contributed by atoms with E-state index in [9.17, 15) is 0 Å². The summed E-state index contributed by atoms with van der Waals surface area (Å²) in [6, 6.07) is 6.50. The first-order valence-corrected chi connectivity index (χ1v) is 5.79. The molecule has 0 atom stereocenters. The molecule has 0 aliphatic carbocycles. The quantitative estimate of drug-likeness (QED) is 0.850. The van der Waals surface area contributed by atoms with Crippen molar-refractivity contribution in [3.8, 4) is 0 Å². The molecule has 2 rings (SSSR count). The Morgan fingerprint density at radius 1 is 1.25 bits per heavy atom. The third kappa shape index (κ3) is 1.98. The number of benzene rings is 1. The zero-order valence-corrected chi connectivity index (χ0v) is 10.4. The number of rotatable bonds is 3. The van der Waals surface area contributed by atoms with Crippen molar-refractivity contribution in [2.24, 2.45) is 0 Å². The standard InChI is InChI=1S/C14H19NO/c1-9(2)13-7-14-11(5-10(13)3)6-12(16-14)8-15-4/h5-7,9,15H,8H2,1-4H3. The van der Waals surface area contributed by atoms with Gasteiger partial charge in [-0.1, -0.05) is 13.8 Å². The summed E-state index contributed by atoms with van der Waals surface area (Å²) in [5, 5.41) is 4.30. The van der Waals surface area contributed by atoms with Gasteiger partial charge in [0.1, 0.15) is 11.3 Å². The highest BCUT2D eigenvalue weighted by Gasteiger charge is 2.09. The monoisotopic (exact) mass is 217 g/mol. The molecule has 2 heteroatoms. The molecule has 2 aromatic rings. The number of hydrogen-bond acceptors (Lipinski definition) is 2. The minimum atomic E-state index is 0.544. The van der Waals surface area contributed by atoms with Crippen LogP contribution in [0.5, 0.6) is 0 Å². The van der Waals surface area contributed by atoms with Crippen molar-refractivity contribution in [1.82, 2.24) is 5.32 Å². The van der Waals surface area contributed by atoms with Crippen molar-refractivity contribution in [3.05, 3.63) is 35.1 Å². The molecule has 0 bridgehead atoms. The van der Waals surface area contributed by atoms with Gasteiger partial charge in [0.2, 0.25) is 0 Å². The Morgan fingerprint density at radius 3 is 2.62 bits per heavy atom. The van der Waals surface area contributed by atoms with E-state index in [1.165, 1.54) is 16.5 Å². The van der Waals surface area contributed by atoms with Crippen LogP contribution < -0.4 is 5.32 Å². The Bertz CT molecular complexity index is 497. The van der Waals surface area contributed by atoms with Crippen LogP contribution in [0.1, 0.15) is 36.7 Å². The van der Waals surface area contributed by atoms with Crippen LogP contribution in [0.15, 0.2) is 22.6 Å². The largest absolute Gasteiger partial charge is 0.460 e. The van der Waals surface area contributed by atoms with Crippen LogP contribution in [0.2, 0.25) is 0 Å². The molecule has 1 heterocycles. The summed E-state index contributed by atoms with van der Waals surface area (Å²) in [5.74, 6) is 1.54. The van der Waals surface area contributed by atoms with Gasteiger partial charge in [-0.2, -0.15) is 0 Å². The minimum absolute atomic E-state index is 0.544. The molecule has 0 aliphatic heterocycles. The van der Waals surface area contributed by atoms with Crippen molar-refractivity contribution in [3.63, 3.8) is 0 Å². The van der Waals surface area contributed by atoms with Crippen LogP contribution in [-0.2, 0) is 6.54 Å². The smallest absolute Gasteiger partial charge is 0.134 e. The van der Waals surface area contributed by atoms with Crippen molar-refractivity contribution >= 4 is 11.0 Å². The fraction of sp³-hybridized carbons (Fsp3) is 0.429. The Kier molecular flexibility index (Phi) is 3.01. The Labute approximate surface area is 96.6 Å². The lowest BCUT2D eigenvalue weighted by Crippen LogP contribution is -2.03. The molecular weight excluding hydrogens is 198 g/mol. The summed E-state index contributed by atoms with van der Waals surface area (Å²) in [6.07, 6.45) is 0. The summed E-state index contributed by atoms with van der Waals surface area (Å²) in [7, 11) is 1.93. The van der Waals surface area contributed by atoms with E-state index in [1.807, 2.05) is 7.05 Å². The highest BCUT2D eigenvalue weighted by Crippen LogP contribution is 2.27. The normalized spacial score (nSPS) is 11.6. The molecular formula is C14H19NO. The van der Waals surface area contributed by atoms with E-state index in [-0.39, 0.29) is 0 Å². The first-order valence-electron chi connectivity index (χ1n) is 5.79. The van der Waals surface area contributed by atoms with Crippen LogP contribution in [0.4, 0.5) is 0 Å². The van der Waals surface area contributed by atoms with Gasteiger partial charge < -0.3 is 9.73 Å². The maximum Gasteiger partial charge on any atom is 0.134 e. The number of fused-ring (bicyclic) bond motifs is 1. The van der Waals surface area contributed by atoms with Gasteiger partial charge in [-0.15, -0.1) is 0 Å². The molecule has 16 heavy (non-hydrogen) atoms. The van der Waals surface area contributed by atoms with E-state index in [0.717, 1.165) is 17.9 Å². The van der Waals surface area contributed by atoms with E-state index in [0.29, 0.717) is 5.92 Å². The third-order valence-electron chi connectivity index (χ3n) is 2.93. The van der Waals surface area contributed by atoms with Gasteiger partial charge in [0.25, 0.3) is 0 Å². The lowest BCUT2D eigenvalue weighted by atomic mass is 9.97. The second-order valence-corrected chi connectivity index (χ2v) is 4.64. The zero-order valence-electron chi connectivity index (χ0n) is 10.4. The molecule has 0 aliphatic rings. The minimum Gasteiger partial charge on any atom is -0.460 e. The Morgan fingerprint density at radius 2 is 2.00 bits per heavy atom. The van der Waals surface area contributed by atoms with Crippen molar-refractivity contribution < 1.29 is 4.42 Å². The van der Waals surface area contributed by atoms with Crippen LogP contribution >= 0.6 is 0 Å². The van der Waals surface area contributed by atoms with E-state index >= 15 is 0 Å². The van der Waals surface area contributed by atoms with E-state index in [1.54, 1.807) is 0 Å². The van der Waals surface area contributed by atoms with Gasteiger partial charge in [0.15, 0.2) is 0 Å². The zero-order chi connectivity index (χ0) is 11.7. The highest BCUT2D eigenvalue weighted by atomic mass is 16.3. The molecule has 2 nitrogen and oxygen atoms in total. The molecule has 0 saturated heterocycles. The number of aryl methyl sites for hydroxylation is 1. The molecule has 1 aromatic carbocycles.